The molecule has 0 aliphatic heterocycles. The normalized spacial score (nSPS) is 9.50. The van der Waals surface area contributed by atoms with E-state index in [1.165, 1.54) is 0 Å². The lowest BCUT2D eigenvalue weighted by Crippen LogP contribution is -2.19. The SMILES string of the molecule is NC(=O)Nc1cccc(Cl)c1Cl. The van der Waals surface area contributed by atoms with Crippen LogP contribution in [0.1, 0.15) is 0 Å². The number of hydrogen-bond acceptors (Lipinski definition) is 1. The minimum absolute atomic E-state index is 0.290. The Morgan fingerprint density at radius 2 is 2.08 bits per heavy atom. The highest BCUT2D eigenvalue weighted by Crippen LogP contribution is 2.29. The Morgan fingerprint density at radius 3 is 2.67 bits per heavy atom. The predicted octanol–water partition coefficient (Wildman–Crippen LogP) is 2.48. The largest absolute Gasteiger partial charge is 0.351 e. The van der Waals surface area contributed by atoms with Crippen molar-refractivity contribution in [3.05, 3.63) is 28.2 Å². The first kappa shape index (κ1) is 9.16. The van der Waals surface area contributed by atoms with E-state index in [1.54, 1.807) is 18.2 Å². The molecule has 1 aromatic rings. The van der Waals surface area contributed by atoms with Gasteiger partial charge >= 0.3 is 6.03 Å². The molecule has 0 aliphatic carbocycles. The van der Waals surface area contributed by atoms with E-state index < -0.39 is 6.03 Å². The lowest BCUT2D eigenvalue weighted by atomic mass is 10.3. The number of anilines is 1. The van der Waals surface area contributed by atoms with Gasteiger partial charge in [-0.15, -0.1) is 0 Å². The quantitative estimate of drug-likeness (QED) is 0.726. The number of nitrogens with one attached hydrogen (secondary N) is 1. The summed E-state index contributed by atoms with van der Waals surface area (Å²) in [7, 11) is 0. The Kier molecular flexibility index (Phi) is 2.78. The van der Waals surface area contributed by atoms with Gasteiger partial charge < -0.3 is 11.1 Å². The van der Waals surface area contributed by atoms with Gasteiger partial charge in [-0.3, -0.25) is 0 Å². The lowest BCUT2D eigenvalue weighted by molar-refractivity contribution is 0.259. The Morgan fingerprint density at radius 1 is 1.42 bits per heavy atom. The molecule has 0 heterocycles. The fraction of sp³-hybridized carbons (Fsp3) is 0. The van der Waals surface area contributed by atoms with Crippen LogP contribution in [0.2, 0.25) is 10.0 Å². The van der Waals surface area contributed by atoms with Gasteiger partial charge in [0.1, 0.15) is 0 Å². The van der Waals surface area contributed by atoms with Crippen molar-refractivity contribution >= 4 is 34.9 Å². The molecule has 0 saturated heterocycles. The molecule has 0 unspecified atom stereocenters. The van der Waals surface area contributed by atoms with Crippen LogP contribution in [0.4, 0.5) is 10.5 Å². The summed E-state index contributed by atoms with van der Waals surface area (Å²) in [5, 5.41) is 3.00. The molecule has 0 bridgehead atoms. The fourth-order valence-electron chi connectivity index (χ4n) is 0.733. The third-order valence-electron chi connectivity index (χ3n) is 1.21. The van der Waals surface area contributed by atoms with E-state index in [1.807, 2.05) is 0 Å². The zero-order chi connectivity index (χ0) is 9.14. The van der Waals surface area contributed by atoms with Crippen molar-refractivity contribution in [3.8, 4) is 0 Å². The number of halogens is 2. The third kappa shape index (κ3) is 2.03. The van der Waals surface area contributed by atoms with Gasteiger partial charge in [0.25, 0.3) is 0 Å². The van der Waals surface area contributed by atoms with Crippen LogP contribution in [0.25, 0.3) is 0 Å². The monoisotopic (exact) mass is 204 g/mol. The van der Waals surface area contributed by atoms with Crippen molar-refractivity contribution in [2.45, 2.75) is 0 Å². The number of nitrogens with two attached hydrogens (primary N) is 1. The highest BCUT2D eigenvalue weighted by Gasteiger charge is 2.04. The Balaban J connectivity index is 3.00. The first-order valence-corrected chi connectivity index (χ1v) is 3.87. The van der Waals surface area contributed by atoms with Crippen LogP contribution in [0.3, 0.4) is 0 Å². The standard InChI is InChI=1S/C7H6Cl2N2O/c8-4-2-1-3-5(6(4)9)11-7(10)12/h1-3H,(H3,10,11,12). The molecule has 0 radical (unpaired) electrons. The summed E-state index contributed by atoms with van der Waals surface area (Å²) in [6.07, 6.45) is 0. The molecule has 64 valence electrons. The first-order valence-electron chi connectivity index (χ1n) is 3.11. The van der Waals surface area contributed by atoms with Crippen LogP contribution in [0, 0.1) is 0 Å². The van der Waals surface area contributed by atoms with Crippen LogP contribution >= 0.6 is 23.2 Å². The molecule has 0 aliphatic rings. The average molecular weight is 205 g/mol. The van der Waals surface area contributed by atoms with Crippen LogP contribution in [-0.4, -0.2) is 6.03 Å². The molecule has 0 spiro atoms. The van der Waals surface area contributed by atoms with E-state index in [0.29, 0.717) is 10.7 Å². The minimum Gasteiger partial charge on any atom is -0.351 e. The molecule has 0 saturated carbocycles. The van der Waals surface area contributed by atoms with E-state index in [-0.39, 0.29) is 5.02 Å². The maximum absolute atomic E-state index is 10.4. The fourth-order valence-corrected chi connectivity index (χ4v) is 1.08. The third-order valence-corrected chi connectivity index (χ3v) is 2.03. The van der Waals surface area contributed by atoms with Crippen LogP contribution < -0.4 is 11.1 Å². The molecule has 1 aromatic carbocycles. The molecule has 12 heavy (non-hydrogen) atoms. The van der Waals surface area contributed by atoms with Crippen LogP contribution in [0.15, 0.2) is 18.2 Å². The van der Waals surface area contributed by atoms with Crippen molar-refractivity contribution in [3.63, 3.8) is 0 Å². The van der Waals surface area contributed by atoms with Crippen molar-refractivity contribution in [1.82, 2.24) is 0 Å². The molecule has 1 rings (SSSR count). The molecular weight excluding hydrogens is 199 g/mol. The number of carbonyl (C=O) groups excluding carboxylic acids is 1. The van der Waals surface area contributed by atoms with Gasteiger partial charge in [0.2, 0.25) is 0 Å². The molecule has 3 nitrogen and oxygen atoms in total. The topological polar surface area (TPSA) is 55.1 Å². The summed E-state index contributed by atoms with van der Waals surface area (Å²) in [5.41, 5.74) is 5.31. The van der Waals surface area contributed by atoms with Gasteiger partial charge in [0.15, 0.2) is 0 Å². The van der Waals surface area contributed by atoms with Crippen molar-refractivity contribution < 1.29 is 4.79 Å². The smallest absolute Gasteiger partial charge is 0.316 e. The zero-order valence-electron chi connectivity index (χ0n) is 5.97. The zero-order valence-corrected chi connectivity index (χ0v) is 7.49. The summed E-state index contributed by atoms with van der Waals surface area (Å²) in [5.74, 6) is 0. The summed E-state index contributed by atoms with van der Waals surface area (Å²) < 4.78 is 0. The van der Waals surface area contributed by atoms with E-state index in [4.69, 9.17) is 28.9 Å². The number of primary amides is 1. The molecule has 0 aromatic heterocycles. The van der Waals surface area contributed by atoms with E-state index >= 15 is 0 Å². The van der Waals surface area contributed by atoms with Gasteiger partial charge in [-0.25, -0.2) is 4.79 Å². The first-order chi connectivity index (χ1) is 5.61. The van der Waals surface area contributed by atoms with E-state index in [0.717, 1.165) is 0 Å². The Labute approximate surface area is 79.5 Å². The van der Waals surface area contributed by atoms with Crippen LogP contribution in [0.5, 0.6) is 0 Å². The number of benzene rings is 1. The molecule has 2 amide bonds. The van der Waals surface area contributed by atoms with Crippen molar-refractivity contribution in [1.29, 1.82) is 0 Å². The number of carbonyl (C=O) groups is 1. The van der Waals surface area contributed by atoms with Crippen LogP contribution in [-0.2, 0) is 0 Å². The van der Waals surface area contributed by atoms with Crippen molar-refractivity contribution in [2.75, 3.05) is 5.32 Å². The summed E-state index contributed by atoms with van der Waals surface area (Å²) in [6, 6.07) is 4.23. The Hall–Kier alpha value is -0.930. The van der Waals surface area contributed by atoms with Gasteiger partial charge in [-0.05, 0) is 12.1 Å². The van der Waals surface area contributed by atoms with Crippen molar-refractivity contribution in [2.24, 2.45) is 5.73 Å². The highest BCUT2D eigenvalue weighted by atomic mass is 35.5. The van der Waals surface area contributed by atoms with E-state index in [9.17, 15) is 4.79 Å². The van der Waals surface area contributed by atoms with Gasteiger partial charge in [0.05, 0.1) is 15.7 Å². The predicted molar refractivity (Wildman–Crippen MR) is 49.7 cm³/mol. The number of rotatable bonds is 1. The van der Waals surface area contributed by atoms with Gasteiger partial charge in [-0.2, -0.15) is 0 Å². The Bertz CT molecular complexity index is 314. The summed E-state index contributed by atoms with van der Waals surface area (Å²) in [4.78, 5) is 10.4. The second kappa shape index (κ2) is 3.65. The number of urea groups is 1. The van der Waals surface area contributed by atoms with E-state index in [2.05, 4.69) is 5.32 Å². The maximum atomic E-state index is 10.4. The second-order valence-corrected chi connectivity index (χ2v) is 2.88. The molecule has 0 atom stereocenters. The summed E-state index contributed by atoms with van der Waals surface area (Å²) >= 11 is 11.4. The number of amides is 2. The summed E-state index contributed by atoms with van der Waals surface area (Å²) in [6.45, 7) is 0. The second-order valence-electron chi connectivity index (χ2n) is 2.09. The molecule has 3 N–H and O–H groups in total. The molecule has 5 heteroatoms. The van der Waals surface area contributed by atoms with Gasteiger partial charge in [-0.1, -0.05) is 29.3 Å². The number of hydrogen-bond donors (Lipinski definition) is 2. The minimum atomic E-state index is -0.667. The lowest BCUT2D eigenvalue weighted by Gasteiger charge is -2.04. The average Bonchev–Trinajstić information content (AvgIpc) is 1.98. The molecule has 0 fully saturated rings. The molecular formula is C7H6Cl2N2O. The maximum Gasteiger partial charge on any atom is 0.316 e. The van der Waals surface area contributed by atoms with Gasteiger partial charge in [0, 0.05) is 0 Å². The highest BCUT2D eigenvalue weighted by molar-refractivity contribution is 6.43.